The van der Waals surface area contributed by atoms with Gasteiger partial charge in [-0.2, -0.15) is 0 Å². The summed E-state index contributed by atoms with van der Waals surface area (Å²) in [6.07, 6.45) is 12.1. The predicted octanol–water partition coefficient (Wildman–Crippen LogP) is 4.99. The topological polar surface area (TPSA) is 76.7 Å². The summed E-state index contributed by atoms with van der Waals surface area (Å²) >= 11 is 0. The molecule has 0 aromatic carbocycles. The summed E-state index contributed by atoms with van der Waals surface area (Å²) in [5.74, 6) is 0.733. The Morgan fingerprint density at radius 1 is 1.10 bits per heavy atom. The van der Waals surface area contributed by atoms with Crippen molar-refractivity contribution in [2.45, 2.75) is 116 Å². The van der Waals surface area contributed by atoms with E-state index >= 15 is 0 Å². The van der Waals surface area contributed by atoms with Crippen molar-refractivity contribution in [1.29, 1.82) is 0 Å². The maximum Gasteiger partial charge on any atom is 0.408 e. The summed E-state index contributed by atoms with van der Waals surface area (Å²) in [5.41, 5.74) is -0.704. The number of hydrogen-bond acceptors (Lipinski definition) is 5. The van der Waals surface area contributed by atoms with Gasteiger partial charge < -0.3 is 24.9 Å². The van der Waals surface area contributed by atoms with Crippen molar-refractivity contribution in [3.8, 4) is 0 Å². The van der Waals surface area contributed by atoms with Gasteiger partial charge in [-0.15, -0.1) is 0 Å². The number of fused-ring (bicyclic) bond motifs is 3. The van der Waals surface area contributed by atoms with Crippen molar-refractivity contribution in [1.82, 2.24) is 10.6 Å². The smallest absolute Gasteiger partial charge is 0.408 e. The number of carbonyl (C=O) groups is 2. The second-order valence-corrected chi connectivity index (χ2v) is 9.82. The zero-order valence-electron chi connectivity index (χ0n) is 20.3. The van der Waals surface area contributed by atoms with Gasteiger partial charge in [-0.25, -0.2) is 4.79 Å². The van der Waals surface area contributed by atoms with E-state index in [1.165, 1.54) is 32.1 Å². The third-order valence-electron chi connectivity index (χ3n) is 6.19. The van der Waals surface area contributed by atoms with Crippen LogP contribution in [0.1, 0.15) is 98.8 Å². The van der Waals surface area contributed by atoms with E-state index in [0.29, 0.717) is 6.61 Å². The van der Waals surface area contributed by atoms with Crippen molar-refractivity contribution in [3.05, 3.63) is 0 Å². The molecule has 0 spiro atoms. The first-order valence-corrected chi connectivity index (χ1v) is 11.9. The van der Waals surface area contributed by atoms with Crippen molar-refractivity contribution in [3.63, 3.8) is 0 Å². The molecular weight excluding hydrogens is 380 g/mol. The molecule has 2 heterocycles. The van der Waals surface area contributed by atoms with Crippen LogP contribution < -0.4 is 10.6 Å². The average Bonchev–Trinajstić information content (AvgIpc) is 2.71. The number of rotatable bonds is 5. The Labute approximate surface area is 184 Å². The molecule has 2 aliphatic heterocycles. The molecule has 2 aliphatic carbocycles. The minimum atomic E-state index is -0.458. The molecule has 4 fully saturated rings. The quantitative estimate of drug-likeness (QED) is 0.605. The number of aldehydes is 1. The fraction of sp³-hybridized carbons (Fsp3) is 0.917. The van der Waals surface area contributed by atoms with Gasteiger partial charge in [0.1, 0.15) is 11.9 Å². The molecule has 1 amide bonds. The first kappa shape index (κ1) is 26.9. The Morgan fingerprint density at radius 2 is 1.70 bits per heavy atom. The van der Waals surface area contributed by atoms with Gasteiger partial charge in [0.25, 0.3) is 0 Å². The van der Waals surface area contributed by atoms with Gasteiger partial charge in [0.2, 0.25) is 0 Å². The zero-order valence-corrected chi connectivity index (χ0v) is 20.3. The molecular formula is C24H46N2O4. The van der Waals surface area contributed by atoms with Crippen LogP contribution in [0.15, 0.2) is 0 Å². The normalized spacial score (nSPS) is 28.3. The molecule has 6 nitrogen and oxygen atoms in total. The maximum atomic E-state index is 11.9. The van der Waals surface area contributed by atoms with Crippen LogP contribution in [-0.4, -0.2) is 49.3 Å². The number of ether oxygens (including phenoxy) is 2. The van der Waals surface area contributed by atoms with Crippen LogP contribution in [0.3, 0.4) is 0 Å². The zero-order chi connectivity index (χ0) is 22.7. The number of alkyl carbamates (subject to hydrolysis) is 1. The summed E-state index contributed by atoms with van der Waals surface area (Å²) in [6.45, 7) is 11.1. The first-order valence-electron chi connectivity index (χ1n) is 11.9. The van der Waals surface area contributed by atoms with E-state index in [0.717, 1.165) is 50.9 Å². The largest absolute Gasteiger partial charge is 0.444 e. The molecule has 2 bridgehead atoms. The second kappa shape index (κ2) is 12.7. The third-order valence-corrected chi connectivity index (χ3v) is 6.19. The van der Waals surface area contributed by atoms with E-state index in [1.807, 2.05) is 41.7 Å². The third kappa shape index (κ3) is 8.93. The molecule has 0 aromatic rings. The Morgan fingerprint density at radius 3 is 2.13 bits per heavy atom. The van der Waals surface area contributed by atoms with Crippen molar-refractivity contribution in [2.75, 3.05) is 20.2 Å². The molecule has 2 N–H and O–H groups in total. The van der Waals surface area contributed by atoms with E-state index < -0.39 is 5.60 Å². The highest BCUT2D eigenvalue weighted by molar-refractivity contribution is 5.69. The van der Waals surface area contributed by atoms with Crippen molar-refractivity contribution < 1.29 is 19.1 Å². The Kier molecular flexibility index (Phi) is 11.3. The van der Waals surface area contributed by atoms with E-state index in [9.17, 15) is 9.59 Å². The molecule has 6 heteroatoms. The second-order valence-electron chi connectivity index (χ2n) is 9.82. The Bertz CT molecular complexity index is 485. The van der Waals surface area contributed by atoms with E-state index in [1.54, 1.807) is 0 Å². The molecule has 0 unspecified atom stereocenters. The molecule has 0 radical (unpaired) electrons. The van der Waals surface area contributed by atoms with Crippen LogP contribution in [0.4, 0.5) is 4.79 Å². The number of likely N-dealkylation sites (N-methyl/N-ethyl adjacent to an activating group) is 1. The lowest BCUT2D eigenvalue weighted by Crippen LogP contribution is -2.65. The summed E-state index contributed by atoms with van der Waals surface area (Å²) in [5, 5.41) is 6.23. The van der Waals surface area contributed by atoms with Gasteiger partial charge in [-0.1, -0.05) is 46.0 Å². The minimum absolute atomic E-state index is 0.0217. The monoisotopic (exact) mass is 426 g/mol. The van der Waals surface area contributed by atoms with Gasteiger partial charge >= 0.3 is 6.09 Å². The van der Waals surface area contributed by atoms with Crippen LogP contribution in [0, 0.1) is 5.92 Å². The molecule has 2 saturated heterocycles. The lowest BCUT2D eigenvalue weighted by molar-refractivity contribution is -0.157. The summed E-state index contributed by atoms with van der Waals surface area (Å²) < 4.78 is 11.3. The van der Waals surface area contributed by atoms with Gasteiger partial charge in [-0.3, -0.25) is 0 Å². The average molecular weight is 427 g/mol. The fourth-order valence-electron chi connectivity index (χ4n) is 4.55. The van der Waals surface area contributed by atoms with E-state index in [-0.39, 0.29) is 17.2 Å². The molecule has 2 saturated carbocycles. The van der Waals surface area contributed by atoms with E-state index in [4.69, 9.17) is 9.47 Å². The Balaban J connectivity index is 0.000000342. The molecule has 0 aromatic heterocycles. The highest BCUT2D eigenvalue weighted by Crippen LogP contribution is 2.43. The number of hydrogen-bond donors (Lipinski definition) is 2. The highest BCUT2D eigenvalue weighted by atomic mass is 16.6. The maximum absolute atomic E-state index is 11.9. The van der Waals surface area contributed by atoms with Crippen LogP contribution in [0.5, 0.6) is 0 Å². The first-order chi connectivity index (χ1) is 14.2. The van der Waals surface area contributed by atoms with Crippen LogP contribution in [0.2, 0.25) is 0 Å². The van der Waals surface area contributed by atoms with Gasteiger partial charge in [-0.05, 0) is 59.4 Å². The predicted molar refractivity (Wildman–Crippen MR) is 122 cm³/mol. The number of amides is 1. The number of nitrogens with one attached hydrogen (secondary N) is 2. The highest BCUT2D eigenvalue weighted by Gasteiger charge is 2.50. The van der Waals surface area contributed by atoms with E-state index in [2.05, 4.69) is 10.6 Å². The molecule has 0 atom stereocenters. The molecule has 176 valence electrons. The standard InChI is InChI=1S/C14H26N2O3.C8H14O.C2H6/c1-12(2,3)19-11(17)16-13-5-7-14(8-6-13,9-15-4)18-10-13;9-7-6-8-4-2-1-3-5-8;1-2/h15H,5-10H2,1-4H3,(H,16,17);7-8H,1-6H2;1-2H3. The van der Waals surface area contributed by atoms with Gasteiger partial charge in [0.05, 0.1) is 17.7 Å². The number of carbonyl (C=O) groups excluding carboxylic acids is 2. The van der Waals surface area contributed by atoms with Crippen LogP contribution >= 0.6 is 0 Å². The minimum Gasteiger partial charge on any atom is -0.444 e. The van der Waals surface area contributed by atoms with Gasteiger partial charge in [0, 0.05) is 13.0 Å². The van der Waals surface area contributed by atoms with Crippen molar-refractivity contribution in [2.24, 2.45) is 5.92 Å². The summed E-state index contributed by atoms with van der Waals surface area (Å²) in [7, 11) is 1.95. The molecule has 4 aliphatic rings. The van der Waals surface area contributed by atoms with Crippen molar-refractivity contribution >= 4 is 12.4 Å². The fourth-order valence-corrected chi connectivity index (χ4v) is 4.55. The van der Waals surface area contributed by atoms with Gasteiger partial charge in [0.15, 0.2) is 0 Å². The SMILES string of the molecule is CC.CNCC12CCC(NC(=O)OC(C)(C)C)(CC1)CO2.O=CCC1CCCCC1. The van der Waals surface area contributed by atoms with Crippen LogP contribution in [0.25, 0.3) is 0 Å². The molecule has 4 rings (SSSR count). The Hall–Kier alpha value is -1.14. The summed E-state index contributed by atoms with van der Waals surface area (Å²) in [4.78, 5) is 22.0. The van der Waals surface area contributed by atoms with Crippen LogP contribution in [-0.2, 0) is 14.3 Å². The molecule has 30 heavy (non-hydrogen) atoms. The lowest BCUT2D eigenvalue weighted by Gasteiger charge is -2.53. The summed E-state index contributed by atoms with van der Waals surface area (Å²) in [6, 6.07) is 0. The lowest BCUT2D eigenvalue weighted by atomic mass is 9.71.